The van der Waals surface area contributed by atoms with Gasteiger partial charge in [-0.15, -0.1) is 0 Å². The maximum absolute atomic E-state index is 12.5. The molecule has 0 radical (unpaired) electrons. The molecule has 1 fully saturated rings. The molecule has 3 heteroatoms. The van der Waals surface area contributed by atoms with Gasteiger partial charge in [-0.05, 0) is 24.5 Å². The van der Waals surface area contributed by atoms with Gasteiger partial charge in [-0.3, -0.25) is 9.59 Å². The Bertz CT molecular complexity index is 685. The van der Waals surface area contributed by atoms with Crippen LogP contribution in [0.2, 0.25) is 0 Å². The molecule has 0 aliphatic heterocycles. The molecule has 0 saturated heterocycles. The molecule has 2 aromatic carbocycles. The Morgan fingerprint density at radius 1 is 0.952 bits per heavy atom. The molecular weight excluding hydrogens is 264 g/mol. The highest BCUT2D eigenvalue weighted by Gasteiger charge is 2.52. The third-order valence-corrected chi connectivity index (χ3v) is 4.04. The molecule has 0 N–H and O–H groups in total. The number of rotatable bonds is 4. The predicted molar refractivity (Wildman–Crippen MR) is 79.2 cm³/mol. The first kappa shape index (κ1) is 13.6. The van der Waals surface area contributed by atoms with Crippen molar-refractivity contribution >= 4 is 11.8 Å². The number of ketones is 1. The normalized spacial score (nSPS) is 15.3. The molecule has 1 aliphatic rings. The van der Waals surface area contributed by atoms with Gasteiger partial charge in [0.05, 0.1) is 12.5 Å². The van der Waals surface area contributed by atoms with Crippen molar-refractivity contribution in [2.45, 2.75) is 18.3 Å². The SMILES string of the molecule is COC(=O)C1(c2cccc(C(=O)c3ccccc3)c2)CC1. The van der Waals surface area contributed by atoms with Gasteiger partial charge in [-0.1, -0.05) is 48.5 Å². The monoisotopic (exact) mass is 280 g/mol. The van der Waals surface area contributed by atoms with Crippen LogP contribution in [-0.4, -0.2) is 18.9 Å². The van der Waals surface area contributed by atoms with Crippen molar-refractivity contribution in [2.75, 3.05) is 7.11 Å². The van der Waals surface area contributed by atoms with Gasteiger partial charge < -0.3 is 4.74 Å². The van der Waals surface area contributed by atoms with E-state index in [0.29, 0.717) is 11.1 Å². The number of carbonyl (C=O) groups excluding carboxylic acids is 2. The molecule has 0 aromatic heterocycles. The molecule has 0 heterocycles. The zero-order chi connectivity index (χ0) is 14.9. The second-order valence-electron chi connectivity index (χ2n) is 5.35. The van der Waals surface area contributed by atoms with Gasteiger partial charge >= 0.3 is 5.97 Å². The van der Waals surface area contributed by atoms with E-state index in [4.69, 9.17) is 4.74 Å². The van der Waals surface area contributed by atoms with Crippen molar-refractivity contribution < 1.29 is 14.3 Å². The van der Waals surface area contributed by atoms with Crippen molar-refractivity contribution in [3.8, 4) is 0 Å². The zero-order valence-corrected chi connectivity index (χ0v) is 11.8. The van der Waals surface area contributed by atoms with E-state index in [2.05, 4.69) is 0 Å². The summed E-state index contributed by atoms with van der Waals surface area (Å²) in [6.07, 6.45) is 1.56. The van der Waals surface area contributed by atoms with Crippen LogP contribution in [0, 0.1) is 0 Å². The van der Waals surface area contributed by atoms with E-state index in [1.807, 2.05) is 36.4 Å². The van der Waals surface area contributed by atoms with Gasteiger partial charge in [0.25, 0.3) is 0 Å². The van der Waals surface area contributed by atoms with Gasteiger partial charge in [-0.2, -0.15) is 0 Å². The Labute approximate surface area is 123 Å². The molecule has 21 heavy (non-hydrogen) atoms. The summed E-state index contributed by atoms with van der Waals surface area (Å²) in [7, 11) is 1.40. The molecule has 2 aromatic rings. The average molecular weight is 280 g/mol. The first-order chi connectivity index (χ1) is 10.2. The Morgan fingerprint density at radius 3 is 2.24 bits per heavy atom. The van der Waals surface area contributed by atoms with Crippen LogP contribution in [0.5, 0.6) is 0 Å². The second-order valence-corrected chi connectivity index (χ2v) is 5.35. The highest BCUT2D eigenvalue weighted by atomic mass is 16.5. The van der Waals surface area contributed by atoms with E-state index < -0.39 is 5.41 Å². The fourth-order valence-electron chi connectivity index (χ4n) is 2.65. The molecule has 0 bridgehead atoms. The third kappa shape index (κ3) is 2.35. The van der Waals surface area contributed by atoms with E-state index >= 15 is 0 Å². The van der Waals surface area contributed by atoms with Crippen LogP contribution in [0.3, 0.4) is 0 Å². The van der Waals surface area contributed by atoms with Crippen molar-refractivity contribution in [3.05, 3.63) is 71.3 Å². The van der Waals surface area contributed by atoms with E-state index in [-0.39, 0.29) is 11.8 Å². The maximum atomic E-state index is 12.5. The minimum atomic E-state index is -0.540. The molecular formula is C18H16O3. The van der Waals surface area contributed by atoms with Gasteiger partial charge in [0.1, 0.15) is 0 Å². The summed E-state index contributed by atoms with van der Waals surface area (Å²) in [5.41, 5.74) is 1.59. The number of esters is 1. The van der Waals surface area contributed by atoms with Crippen molar-refractivity contribution in [3.63, 3.8) is 0 Å². The lowest BCUT2D eigenvalue weighted by molar-refractivity contribution is -0.143. The van der Waals surface area contributed by atoms with Crippen LogP contribution in [0.4, 0.5) is 0 Å². The minimum absolute atomic E-state index is 0.0295. The number of methoxy groups -OCH3 is 1. The average Bonchev–Trinajstić information content (AvgIpc) is 3.36. The summed E-state index contributed by atoms with van der Waals surface area (Å²) >= 11 is 0. The molecule has 0 amide bonds. The minimum Gasteiger partial charge on any atom is -0.468 e. The van der Waals surface area contributed by atoms with Crippen LogP contribution in [0.15, 0.2) is 54.6 Å². The number of benzene rings is 2. The summed E-state index contributed by atoms with van der Waals surface area (Å²) in [5, 5.41) is 0. The zero-order valence-electron chi connectivity index (χ0n) is 11.8. The number of ether oxygens (including phenoxy) is 1. The number of hydrogen-bond donors (Lipinski definition) is 0. The Hall–Kier alpha value is -2.42. The fourth-order valence-corrected chi connectivity index (χ4v) is 2.65. The first-order valence-electron chi connectivity index (χ1n) is 6.96. The highest BCUT2D eigenvalue weighted by molar-refractivity contribution is 6.09. The van der Waals surface area contributed by atoms with Gasteiger partial charge in [0.15, 0.2) is 5.78 Å². The molecule has 0 spiro atoms. The van der Waals surface area contributed by atoms with Gasteiger partial charge in [0.2, 0.25) is 0 Å². The quantitative estimate of drug-likeness (QED) is 0.638. The Morgan fingerprint density at radius 2 is 1.62 bits per heavy atom. The number of carbonyl (C=O) groups is 2. The molecule has 3 rings (SSSR count). The van der Waals surface area contributed by atoms with Crippen LogP contribution in [0.1, 0.15) is 34.3 Å². The molecule has 1 saturated carbocycles. The third-order valence-electron chi connectivity index (χ3n) is 4.04. The predicted octanol–water partition coefficient (Wildman–Crippen LogP) is 3.12. The molecule has 1 aliphatic carbocycles. The fraction of sp³-hybridized carbons (Fsp3) is 0.222. The van der Waals surface area contributed by atoms with Gasteiger partial charge in [0, 0.05) is 11.1 Å². The maximum Gasteiger partial charge on any atom is 0.316 e. The summed E-state index contributed by atoms with van der Waals surface area (Å²) < 4.78 is 4.89. The van der Waals surface area contributed by atoms with Crippen LogP contribution < -0.4 is 0 Å². The Kier molecular flexibility index (Phi) is 3.34. The standard InChI is InChI=1S/C18H16O3/c1-21-17(20)18(10-11-18)15-9-5-8-14(12-15)16(19)13-6-3-2-4-7-13/h2-9,12H,10-11H2,1H3. The lowest BCUT2D eigenvalue weighted by Gasteiger charge is -2.14. The summed E-state index contributed by atoms with van der Waals surface area (Å²) in [5.74, 6) is -0.245. The van der Waals surface area contributed by atoms with Crippen LogP contribution in [0.25, 0.3) is 0 Å². The highest BCUT2D eigenvalue weighted by Crippen LogP contribution is 2.49. The number of hydrogen-bond acceptors (Lipinski definition) is 3. The van der Waals surface area contributed by atoms with Crippen LogP contribution >= 0.6 is 0 Å². The lowest BCUT2D eigenvalue weighted by atomic mass is 9.92. The molecule has 106 valence electrons. The topological polar surface area (TPSA) is 43.4 Å². The summed E-state index contributed by atoms with van der Waals surface area (Å²) in [6.45, 7) is 0. The van der Waals surface area contributed by atoms with Crippen molar-refractivity contribution in [1.82, 2.24) is 0 Å². The van der Waals surface area contributed by atoms with E-state index in [0.717, 1.165) is 18.4 Å². The van der Waals surface area contributed by atoms with Crippen molar-refractivity contribution in [1.29, 1.82) is 0 Å². The summed E-state index contributed by atoms with van der Waals surface area (Å²) in [6, 6.07) is 16.5. The van der Waals surface area contributed by atoms with Gasteiger partial charge in [-0.25, -0.2) is 0 Å². The van der Waals surface area contributed by atoms with E-state index in [9.17, 15) is 9.59 Å². The van der Waals surface area contributed by atoms with Crippen LogP contribution in [-0.2, 0) is 14.9 Å². The van der Waals surface area contributed by atoms with E-state index in [1.54, 1.807) is 18.2 Å². The molecule has 0 atom stereocenters. The summed E-state index contributed by atoms with van der Waals surface area (Å²) in [4.78, 5) is 24.4. The molecule has 3 nitrogen and oxygen atoms in total. The Balaban J connectivity index is 1.95. The first-order valence-corrected chi connectivity index (χ1v) is 6.96. The largest absolute Gasteiger partial charge is 0.468 e. The molecule has 0 unspecified atom stereocenters. The van der Waals surface area contributed by atoms with Crippen molar-refractivity contribution in [2.24, 2.45) is 0 Å². The second kappa shape index (κ2) is 5.17. The lowest BCUT2D eigenvalue weighted by Crippen LogP contribution is -2.22. The smallest absolute Gasteiger partial charge is 0.316 e. The van der Waals surface area contributed by atoms with E-state index in [1.165, 1.54) is 7.11 Å².